The second kappa shape index (κ2) is 10.2. The summed E-state index contributed by atoms with van der Waals surface area (Å²) in [4.78, 5) is 17.1. The van der Waals surface area contributed by atoms with Crippen molar-refractivity contribution >= 4 is 17.3 Å². The lowest BCUT2D eigenvalue weighted by molar-refractivity contribution is -0.138. The number of piperidine rings is 1. The largest absolute Gasteiger partial charge is 0.497 e. The summed E-state index contributed by atoms with van der Waals surface area (Å²) in [6.07, 6.45) is -5.46. The molecule has 2 aromatic carbocycles. The van der Waals surface area contributed by atoms with Gasteiger partial charge in [0, 0.05) is 42.1 Å². The monoisotopic (exact) mass is 515 g/mol. The molecular formula is C25H27F6N3O2. The van der Waals surface area contributed by atoms with Crippen molar-refractivity contribution < 1.29 is 35.9 Å². The van der Waals surface area contributed by atoms with Crippen LogP contribution in [0.1, 0.15) is 47.2 Å². The number of rotatable bonds is 5. The van der Waals surface area contributed by atoms with Crippen molar-refractivity contribution in [3.63, 3.8) is 0 Å². The van der Waals surface area contributed by atoms with Crippen LogP contribution in [-0.2, 0) is 12.4 Å². The van der Waals surface area contributed by atoms with Crippen molar-refractivity contribution in [2.24, 2.45) is 0 Å². The number of alkyl halides is 6. The molecule has 1 amide bonds. The third-order valence-electron chi connectivity index (χ3n) is 6.72. The SMILES string of the molecule is COc1cc(NC(=O)c2cc(N3CCC(N4CCCC4)CC3)cc(C(F)(F)F)c2)cc(C(F)(F)F)c1. The Hall–Kier alpha value is -2.95. The Morgan fingerprint density at radius 2 is 1.47 bits per heavy atom. The van der Waals surface area contributed by atoms with Gasteiger partial charge in [-0.15, -0.1) is 0 Å². The van der Waals surface area contributed by atoms with E-state index in [0.29, 0.717) is 31.3 Å². The number of nitrogens with zero attached hydrogens (tertiary/aromatic N) is 2. The van der Waals surface area contributed by atoms with E-state index in [0.717, 1.165) is 50.9 Å². The van der Waals surface area contributed by atoms with E-state index in [1.54, 1.807) is 0 Å². The molecule has 0 bridgehead atoms. The second-order valence-electron chi connectivity index (χ2n) is 9.13. The topological polar surface area (TPSA) is 44.8 Å². The van der Waals surface area contributed by atoms with E-state index in [2.05, 4.69) is 10.2 Å². The van der Waals surface area contributed by atoms with E-state index in [1.165, 1.54) is 19.2 Å². The Balaban J connectivity index is 1.58. The molecule has 0 saturated carbocycles. The van der Waals surface area contributed by atoms with E-state index in [-0.39, 0.29) is 22.7 Å². The molecule has 2 heterocycles. The first-order valence-corrected chi connectivity index (χ1v) is 11.7. The van der Waals surface area contributed by atoms with E-state index in [9.17, 15) is 31.1 Å². The molecule has 0 aliphatic carbocycles. The lowest BCUT2D eigenvalue weighted by Gasteiger charge is -2.38. The summed E-state index contributed by atoms with van der Waals surface area (Å²) < 4.78 is 85.5. The summed E-state index contributed by atoms with van der Waals surface area (Å²) in [7, 11) is 1.17. The fraction of sp³-hybridized carbons (Fsp3) is 0.480. The van der Waals surface area contributed by atoms with Crippen LogP contribution in [0, 0.1) is 0 Å². The molecule has 0 spiro atoms. The van der Waals surface area contributed by atoms with Gasteiger partial charge in [-0.25, -0.2) is 0 Å². The van der Waals surface area contributed by atoms with Crippen molar-refractivity contribution in [1.29, 1.82) is 0 Å². The average molecular weight is 515 g/mol. The first-order chi connectivity index (χ1) is 16.9. The zero-order chi connectivity index (χ0) is 26.1. The summed E-state index contributed by atoms with van der Waals surface area (Å²) in [5.41, 5.74) is -2.32. The van der Waals surface area contributed by atoms with E-state index < -0.39 is 29.4 Å². The summed E-state index contributed by atoms with van der Waals surface area (Å²) in [5.74, 6) is -1.10. The van der Waals surface area contributed by atoms with Crippen LogP contribution in [0.15, 0.2) is 36.4 Å². The molecule has 2 aliphatic heterocycles. The molecule has 5 nitrogen and oxygen atoms in total. The number of benzene rings is 2. The maximum absolute atomic E-state index is 13.7. The Morgan fingerprint density at radius 3 is 2.06 bits per heavy atom. The molecule has 2 aromatic rings. The van der Waals surface area contributed by atoms with Crippen LogP contribution in [0.25, 0.3) is 0 Å². The molecule has 0 atom stereocenters. The molecule has 11 heteroatoms. The van der Waals surface area contributed by atoms with Gasteiger partial charge < -0.3 is 19.9 Å². The lowest BCUT2D eigenvalue weighted by atomic mass is 10.0. The normalized spacial score (nSPS) is 17.9. The number of ether oxygens (including phenoxy) is 1. The first kappa shape index (κ1) is 26.1. The minimum absolute atomic E-state index is 0.147. The predicted molar refractivity (Wildman–Crippen MR) is 123 cm³/mol. The molecule has 2 saturated heterocycles. The molecular weight excluding hydrogens is 488 g/mol. The third-order valence-corrected chi connectivity index (χ3v) is 6.72. The van der Waals surface area contributed by atoms with E-state index in [4.69, 9.17) is 4.74 Å². The molecule has 2 fully saturated rings. The van der Waals surface area contributed by atoms with Gasteiger partial charge in [-0.1, -0.05) is 0 Å². The van der Waals surface area contributed by atoms with E-state index in [1.807, 2.05) is 4.90 Å². The number of carbonyl (C=O) groups excluding carboxylic acids is 1. The average Bonchev–Trinajstić information content (AvgIpc) is 3.37. The molecule has 1 N–H and O–H groups in total. The number of amides is 1. The number of halogens is 6. The van der Waals surface area contributed by atoms with Crippen LogP contribution in [0.3, 0.4) is 0 Å². The molecule has 2 aliphatic rings. The summed E-state index contributed by atoms with van der Waals surface area (Å²) in [5, 5.41) is 2.29. The molecule has 0 radical (unpaired) electrons. The van der Waals surface area contributed by atoms with Crippen LogP contribution >= 0.6 is 0 Å². The van der Waals surface area contributed by atoms with E-state index >= 15 is 0 Å². The Kier molecular flexibility index (Phi) is 7.40. The van der Waals surface area contributed by atoms with Gasteiger partial charge >= 0.3 is 12.4 Å². The van der Waals surface area contributed by atoms with Crippen molar-refractivity contribution in [2.45, 2.75) is 44.1 Å². The molecule has 4 rings (SSSR count). The van der Waals surface area contributed by atoms with Gasteiger partial charge in [-0.3, -0.25) is 4.79 Å². The molecule has 0 aromatic heterocycles. The fourth-order valence-corrected chi connectivity index (χ4v) is 4.84. The fourth-order valence-electron chi connectivity index (χ4n) is 4.84. The quantitative estimate of drug-likeness (QED) is 0.493. The van der Waals surface area contributed by atoms with Gasteiger partial charge in [0.2, 0.25) is 0 Å². The van der Waals surface area contributed by atoms with Crippen LogP contribution in [0.4, 0.5) is 37.7 Å². The minimum atomic E-state index is -4.70. The summed E-state index contributed by atoms with van der Waals surface area (Å²) in [6.45, 7) is 3.18. The minimum Gasteiger partial charge on any atom is -0.497 e. The highest BCUT2D eigenvalue weighted by molar-refractivity contribution is 6.05. The maximum atomic E-state index is 13.7. The van der Waals surface area contributed by atoms with Crippen molar-refractivity contribution in [1.82, 2.24) is 4.90 Å². The number of methoxy groups -OCH3 is 1. The Labute approximate surface area is 205 Å². The number of nitrogens with one attached hydrogen (secondary N) is 1. The van der Waals surface area contributed by atoms with Crippen LogP contribution in [-0.4, -0.2) is 50.1 Å². The number of hydrogen-bond donors (Lipinski definition) is 1. The lowest BCUT2D eigenvalue weighted by Crippen LogP contribution is -2.44. The first-order valence-electron chi connectivity index (χ1n) is 11.7. The van der Waals surface area contributed by atoms with Crippen molar-refractivity contribution in [3.05, 3.63) is 53.1 Å². The summed E-state index contributed by atoms with van der Waals surface area (Å²) >= 11 is 0. The maximum Gasteiger partial charge on any atom is 0.416 e. The Bertz CT molecular complexity index is 1090. The highest BCUT2D eigenvalue weighted by Gasteiger charge is 2.34. The second-order valence-corrected chi connectivity index (χ2v) is 9.13. The third kappa shape index (κ3) is 6.05. The zero-order valence-electron chi connectivity index (χ0n) is 19.7. The smallest absolute Gasteiger partial charge is 0.416 e. The van der Waals surface area contributed by atoms with Gasteiger partial charge in [-0.05, 0) is 69.1 Å². The number of likely N-dealkylation sites (tertiary alicyclic amines) is 1. The van der Waals surface area contributed by atoms with Crippen molar-refractivity contribution in [2.75, 3.05) is 43.5 Å². The van der Waals surface area contributed by atoms with Gasteiger partial charge in [0.15, 0.2) is 0 Å². The molecule has 196 valence electrons. The van der Waals surface area contributed by atoms with Gasteiger partial charge in [-0.2, -0.15) is 26.3 Å². The number of hydrogen-bond acceptors (Lipinski definition) is 4. The number of anilines is 2. The van der Waals surface area contributed by atoms with Gasteiger partial charge in [0.1, 0.15) is 5.75 Å². The zero-order valence-corrected chi connectivity index (χ0v) is 19.7. The Morgan fingerprint density at radius 1 is 0.861 bits per heavy atom. The van der Waals surface area contributed by atoms with Crippen LogP contribution in [0.2, 0.25) is 0 Å². The van der Waals surface area contributed by atoms with Gasteiger partial charge in [0.25, 0.3) is 5.91 Å². The van der Waals surface area contributed by atoms with Crippen LogP contribution in [0.5, 0.6) is 5.75 Å². The highest BCUT2D eigenvalue weighted by Crippen LogP contribution is 2.36. The summed E-state index contributed by atoms with van der Waals surface area (Å²) in [6, 6.07) is 6.12. The predicted octanol–water partition coefficient (Wildman–Crippen LogP) is 6.05. The van der Waals surface area contributed by atoms with Crippen LogP contribution < -0.4 is 15.0 Å². The standard InChI is InChI=1S/C25H27F6N3O2/c1-36-22-14-18(25(29,30)31)12-19(15-22)32-23(35)16-10-17(24(26,27)28)13-21(11-16)34-8-4-20(5-9-34)33-6-2-3-7-33/h10-15,20H,2-9H2,1H3,(H,32,35). The van der Waals surface area contributed by atoms with Crippen molar-refractivity contribution in [3.8, 4) is 5.75 Å². The molecule has 36 heavy (non-hydrogen) atoms. The molecule has 0 unspecified atom stereocenters. The highest BCUT2D eigenvalue weighted by atomic mass is 19.4. The number of carbonyl (C=O) groups is 1. The van der Waals surface area contributed by atoms with Gasteiger partial charge in [0.05, 0.1) is 18.2 Å².